The van der Waals surface area contributed by atoms with Gasteiger partial charge in [-0.05, 0) is 18.9 Å². The zero-order chi connectivity index (χ0) is 18.2. The number of likely N-dealkylation sites (tertiary alicyclic amines) is 1. The quantitative estimate of drug-likeness (QED) is 0.616. The summed E-state index contributed by atoms with van der Waals surface area (Å²) in [6, 6.07) is 5.99. The molecule has 3 rings (SSSR count). The Hall–Kier alpha value is -2.31. The third-order valence-electron chi connectivity index (χ3n) is 4.96. The van der Waals surface area contributed by atoms with Gasteiger partial charge in [-0.3, -0.25) is 9.79 Å². The Balaban J connectivity index is 1.42. The van der Waals surface area contributed by atoms with E-state index in [9.17, 15) is 4.79 Å². The Morgan fingerprint density at radius 2 is 2.15 bits per heavy atom. The molecule has 1 aromatic heterocycles. The van der Waals surface area contributed by atoms with E-state index in [0.717, 1.165) is 38.3 Å². The Kier molecular flexibility index (Phi) is 6.68. The highest BCUT2D eigenvalue weighted by atomic mass is 16.5. The molecule has 1 aromatic rings. The summed E-state index contributed by atoms with van der Waals surface area (Å²) in [7, 11) is 1.74. The third-order valence-corrected chi connectivity index (χ3v) is 4.96. The van der Waals surface area contributed by atoms with Crippen molar-refractivity contribution in [2.75, 3.05) is 26.7 Å². The lowest BCUT2D eigenvalue weighted by Gasteiger charge is -2.24. The number of carbonyl (C=O) groups excluding carboxylic acids is 1. The zero-order valence-electron chi connectivity index (χ0n) is 15.5. The van der Waals surface area contributed by atoms with E-state index in [-0.39, 0.29) is 18.6 Å². The van der Waals surface area contributed by atoms with Gasteiger partial charge in [0.25, 0.3) is 0 Å². The number of carbonyl (C=O) groups is 1. The number of amides is 1. The molecule has 0 bridgehead atoms. The second-order valence-corrected chi connectivity index (χ2v) is 6.95. The molecule has 1 atom stereocenters. The van der Waals surface area contributed by atoms with Crippen LogP contribution in [0.1, 0.15) is 38.5 Å². The number of hydrogen-bond donors (Lipinski definition) is 2. The van der Waals surface area contributed by atoms with Crippen LogP contribution in [0.3, 0.4) is 0 Å². The maximum absolute atomic E-state index is 12.2. The van der Waals surface area contributed by atoms with Crippen LogP contribution in [-0.2, 0) is 4.79 Å². The Morgan fingerprint density at radius 3 is 2.88 bits per heavy atom. The van der Waals surface area contributed by atoms with Crippen molar-refractivity contribution >= 4 is 11.9 Å². The van der Waals surface area contributed by atoms with Crippen molar-refractivity contribution in [2.24, 2.45) is 4.99 Å². The molecule has 2 aliphatic rings. The fraction of sp³-hybridized carbons (Fsp3) is 0.632. The van der Waals surface area contributed by atoms with E-state index in [1.807, 2.05) is 18.2 Å². The van der Waals surface area contributed by atoms with Crippen LogP contribution in [-0.4, -0.2) is 60.6 Å². The number of ether oxygens (including phenoxy) is 1. The smallest absolute Gasteiger partial charge is 0.239 e. The molecule has 26 heavy (non-hydrogen) atoms. The summed E-state index contributed by atoms with van der Waals surface area (Å²) in [6.45, 7) is 1.84. The lowest BCUT2D eigenvalue weighted by atomic mass is 9.95. The van der Waals surface area contributed by atoms with Gasteiger partial charge in [-0.1, -0.05) is 25.3 Å². The highest BCUT2D eigenvalue weighted by Gasteiger charge is 2.27. The number of nitrogens with one attached hydrogen (secondary N) is 2. The van der Waals surface area contributed by atoms with Crippen LogP contribution < -0.4 is 15.4 Å². The van der Waals surface area contributed by atoms with Gasteiger partial charge in [-0.15, -0.1) is 0 Å². The SMILES string of the molecule is CN=C(NCC(=O)NC1CCCCC1)N1CCC(Oc2ccccn2)C1. The van der Waals surface area contributed by atoms with Crippen molar-refractivity contribution in [1.29, 1.82) is 0 Å². The fourth-order valence-corrected chi connectivity index (χ4v) is 3.62. The lowest BCUT2D eigenvalue weighted by molar-refractivity contribution is -0.120. The molecule has 0 spiro atoms. The van der Waals surface area contributed by atoms with Crippen molar-refractivity contribution in [3.63, 3.8) is 0 Å². The van der Waals surface area contributed by atoms with Crippen LogP contribution in [0.15, 0.2) is 29.4 Å². The molecular weight excluding hydrogens is 330 g/mol. The number of aliphatic imine (C=N–C) groups is 1. The van der Waals surface area contributed by atoms with E-state index in [1.165, 1.54) is 19.3 Å². The largest absolute Gasteiger partial charge is 0.472 e. The second kappa shape index (κ2) is 9.40. The lowest BCUT2D eigenvalue weighted by Crippen LogP contribution is -2.47. The summed E-state index contributed by atoms with van der Waals surface area (Å²) in [4.78, 5) is 22.8. The van der Waals surface area contributed by atoms with Gasteiger partial charge in [0, 0.05) is 38.3 Å². The summed E-state index contributed by atoms with van der Waals surface area (Å²) in [5.74, 6) is 1.43. The third kappa shape index (κ3) is 5.34. The van der Waals surface area contributed by atoms with Gasteiger partial charge >= 0.3 is 0 Å². The summed E-state index contributed by atoms with van der Waals surface area (Å²) >= 11 is 0. The van der Waals surface area contributed by atoms with Crippen molar-refractivity contribution < 1.29 is 9.53 Å². The number of aromatic nitrogens is 1. The number of hydrogen-bond acceptors (Lipinski definition) is 4. The second-order valence-electron chi connectivity index (χ2n) is 6.95. The van der Waals surface area contributed by atoms with E-state index in [0.29, 0.717) is 11.9 Å². The predicted molar refractivity (Wildman–Crippen MR) is 101 cm³/mol. The minimum atomic E-state index is 0.0403. The minimum absolute atomic E-state index is 0.0403. The standard InChI is InChI=1S/C19H29N5O2/c1-20-19(22-13-17(25)23-15-7-3-2-4-8-15)24-12-10-16(14-24)26-18-9-5-6-11-21-18/h5-6,9,11,15-16H,2-4,7-8,10,12-14H2,1H3,(H,20,22)(H,23,25). The Morgan fingerprint density at radius 1 is 1.31 bits per heavy atom. The van der Waals surface area contributed by atoms with Crippen molar-refractivity contribution in [3.8, 4) is 5.88 Å². The summed E-state index contributed by atoms with van der Waals surface area (Å²) < 4.78 is 5.91. The molecule has 1 unspecified atom stereocenters. The minimum Gasteiger partial charge on any atom is -0.472 e. The van der Waals surface area contributed by atoms with E-state index in [2.05, 4.69) is 25.5 Å². The molecule has 0 aromatic carbocycles. The topological polar surface area (TPSA) is 78.9 Å². The van der Waals surface area contributed by atoms with Gasteiger partial charge < -0.3 is 20.3 Å². The first-order valence-electron chi connectivity index (χ1n) is 9.57. The zero-order valence-corrected chi connectivity index (χ0v) is 15.5. The summed E-state index contributed by atoms with van der Waals surface area (Å²) in [5.41, 5.74) is 0. The van der Waals surface area contributed by atoms with Gasteiger partial charge in [0.15, 0.2) is 5.96 Å². The number of guanidine groups is 1. The average Bonchev–Trinajstić information content (AvgIpc) is 3.12. The van der Waals surface area contributed by atoms with Crippen LogP contribution in [0.25, 0.3) is 0 Å². The van der Waals surface area contributed by atoms with Gasteiger partial charge in [0.05, 0.1) is 13.1 Å². The average molecular weight is 359 g/mol. The molecule has 1 aliphatic carbocycles. The summed E-state index contributed by atoms with van der Waals surface area (Å²) in [5, 5.41) is 6.30. The molecule has 2 fully saturated rings. The first kappa shape index (κ1) is 18.5. The Bertz CT molecular complexity index is 601. The fourth-order valence-electron chi connectivity index (χ4n) is 3.62. The van der Waals surface area contributed by atoms with E-state index in [1.54, 1.807) is 13.2 Å². The van der Waals surface area contributed by atoms with E-state index >= 15 is 0 Å². The maximum atomic E-state index is 12.2. The molecule has 142 valence electrons. The predicted octanol–water partition coefficient (Wildman–Crippen LogP) is 1.56. The van der Waals surface area contributed by atoms with Gasteiger partial charge in [0.2, 0.25) is 11.8 Å². The molecule has 1 amide bonds. The first-order chi connectivity index (χ1) is 12.7. The molecule has 1 saturated carbocycles. The van der Waals surface area contributed by atoms with Gasteiger partial charge in [0.1, 0.15) is 6.10 Å². The van der Waals surface area contributed by atoms with Gasteiger partial charge in [-0.25, -0.2) is 4.98 Å². The van der Waals surface area contributed by atoms with Crippen LogP contribution in [0, 0.1) is 0 Å². The molecular formula is C19H29N5O2. The van der Waals surface area contributed by atoms with Crippen LogP contribution in [0.4, 0.5) is 0 Å². The first-order valence-corrected chi connectivity index (χ1v) is 9.57. The van der Waals surface area contributed by atoms with Crippen molar-refractivity contribution in [3.05, 3.63) is 24.4 Å². The van der Waals surface area contributed by atoms with Crippen LogP contribution in [0.5, 0.6) is 5.88 Å². The van der Waals surface area contributed by atoms with E-state index in [4.69, 9.17) is 4.74 Å². The van der Waals surface area contributed by atoms with Gasteiger partial charge in [-0.2, -0.15) is 0 Å². The molecule has 1 saturated heterocycles. The van der Waals surface area contributed by atoms with Crippen LogP contribution >= 0.6 is 0 Å². The van der Waals surface area contributed by atoms with E-state index < -0.39 is 0 Å². The Labute approximate surface area is 155 Å². The molecule has 2 N–H and O–H groups in total. The number of nitrogens with zero attached hydrogens (tertiary/aromatic N) is 3. The maximum Gasteiger partial charge on any atom is 0.239 e. The highest BCUT2D eigenvalue weighted by Crippen LogP contribution is 2.17. The molecule has 7 heteroatoms. The van der Waals surface area contributed by atoms with Crippen LogP contribution in [0.2, 0.25) is 0 Å². The monoisotopic (exact) mass is 359 g/mol. The van der Waals surface area contributed by atoms with Crippen molar-refractivity contribution in [2.45, 2.75) is 50.7 Å². The summed E-state index contributed by atoms with van der Waals surface area (Å²) in [6.07, 6.45) is 8.63. The van der Waals surface area contributed by atoms with Crippen molar-refractivity contribution in [1.82, 2.24) is 20.5 Å². The normalized spacial score (nSPS) is 21.5. The number of rotatable bonds is 5. The molecule has 1 aliphatic heterocycles. The molecule has 2 heterocycles. The molecule has 7 nitrogen and oxygen atoms in total. The molecule has 0 radical (unpaired) electrons. The number of pyridine rings is 1. The highest BCUT2D eigenvalue weighted by molar-refractivity contribution is 5.86.